The van der Waals surface area contributed by atoms with E-state index in [9.17, 15) is 4.79 Å². The van der Waals surface area contributed by atoms with Gasteiger partial charge in [0.2, 0.25) is 5.89 Å². The van der Waals surface area contributed by atoms with Gasteiger partial charge in [0.25, 0.3) is 5.89 Å². The highest BCUT2D eigenvalue weighted by molar-refractivity contribution is 9.10. The van der Waals surface area contributed by atoms with Crippen molar-refractivity contribution in [3.8, 4) is 11.5 Å². The minimum atomic E-state index is -0.484. The number of aromatic nitrogens is 2. The van der Waals surface area contributed by atoms with E-state index in [1.165, 1.54) is 0 Å². The van der Waals surface area contributed by atoms with E-state index in [2.05, 4.69) is 26.1 Å². The summed E-state index contributed by atoms with van der Waals surface area (Å²) >= 11 is 9.19. The van der Waals surface area contributed by atoms with Gasteiger partial charge in [0.1, 0.15) is 0 Å². The lowest BCUT2D eigenvalue weighted by Crippen LogP contribution is -2.05. The van der Waals surface area contributed by atoms with Crippen LogP contribution in [0.25, 0.3) is 11.5 Å². The maximum atomic E-state index is 11.9. The second kappa shape index (κ2) is 6.93. The minimum absolute atomic E-state index is 0.0983. The predicted octanol–water partition coefficient (Wildman–Crippen LogP) is 4.51. The van der Waals surface area contributed by atoms with Crippen molar-refractivity contribution in [1.82, 2.24) is 10.2 Å². The van der Waals surface area contributed by atoms with E-state index in [4.69, 9.17) is 20.8 Å². The molecule has 0 spiro atoms. The summed E-state index contributed by atoms with van der Waals surface area (Å²) in [5.74, 6) is 0.0930. The molecule has 0 N–H and O–H groups in total. The molecule has 7 heteroatoms. The summed E-state index contributed by atoms with van der Waals surface area (Å²) in [4.78, 5) is 11.9. The number of nitrogens with zero attached hydrogens (tertiary/aromatic N) is 2. The summed E-state index contributed by atoms with van der Waals surface area (Å²) in [6.45, 7) is -0.0983. The van der Waals surface area contributed by atoms with Crippen molar-refractivity contribution in [3.63, 3.8) is 0 Å². The molecule has 116 valence electrons. The summed E-state index contributed by atoms with van der Waals surface area (Å²) in [5, 5.41) is 8.38. The topological polar surface area (TPSA) is 65.2 Å². The van der Waals surface area contributed by atoms with E-state index in [-0.39, 0.29) is 12.5 Å². The number of carbonyl (C=O) groups is 1. The Morgan fingerprint density at radius 2 is 1.87 bits per heavy atom. The van der Waals surface area contributed by atoms with Crippen LogP contribution in [0.3, 0.4) is 0 Å². The van der Waals surface area contributed by atoms with Crippen LogP contribution in [-0.4, -0.2) is 16.2 Å². The zero-order chi connectivity index (χ0) is 16.2. The second-order valence-corrected chi connectivity index (χ2v) is 5.85. The SMILES string of the molecule is O=C(OCc1nnc(-c2ccccc2Br)o1)c1ccc(Cl)cc1. The first-order valence-corrected chi connectivity index (χ1v) is 7.80. The van der Waals surface area contributed by atoms with Crippen LogP contribution in [0.1, 0.15) is 16.2 Å². The smallest absolute Gasteiger partial charge is 0.338 e. The molecular weight excluding hydrogens is 384 g/mol. The third kappa shape index (κ3) is 3.78. The fourth-order valence-corrected chi connectivity index (χ4v) is 2.43. The van der Waals surface area contributed by atoms with Crippen LogP contribution in [0.2, 0.25) is 5.02 Å². The van der Waals surface area contributed by atoms with Gasteiger partial charge in [-0.25, -0.2) is 4.79 Å². The van der Waals surface area contributed by atoms with Crippen LogP contribution in [0, 0.1) is 0 Å². The molecule has 23 heavy (non-hydrogen) atoms. The Morgan fingerprint density at radius 3 is 2.61 bits per heavy atom. The molecule has 0 aliphatic rings. The average Bonchev–Trinajstić information content (AvgIpc) is 3.02. The molecule has 0 amide bonds. The summed E-state index contributed by atoms with van der Waals surface area (Å²) in [5.41, 5.74) is 1.18. The Balaban J connectivity index is 1.67. The Labute approximate surface area is 145 Å². The molecule has 3 rings (SSSR count). The summed E-state index contributed by atoms with van der Waals surface area (Å²) in [6, 6.07) is 13.9. The van der Waals surface area contributed by atoms with Crippen molar-refractivity contribution in [3.05, 3.63) is 69.5 Å². The number of carbonyl (C=O) groups excluding carboxylic acids is 1. The second-order valence-electron chi connectivity index (χ2n) is 4.56. The molecule has 0 aliphatic carbocycles. The van der Waals surface area contributed by atoms with Crippen LogP contribution < -0.4 is 0 Å². The van der Waals surface area contributed by atoms with Gasteiger partial charge in [-0.05, 0) is 52.3 Å². The number of hydrogen-bond acceptors (Lipinski definition) is 5. The molecule has 3 aromatic rings. The number of benzene rings is 2. The van der Waals surface area contributed by atoms with Gasteiger partial charge in [0, 0.05) is 9.50 Å². The van der Waals surface area contributed by atoms with Crippen molar-refractivity contribution >= 4 is 33.5 Å². The van der Waals surface area contributed by atoms with Gasteiger partial charge in [-0.1, -0.05) is 23.7 Å². The molecule has 1 heterocycles. The molecule has 0 atom stereocenters. The lowest BCUT2D eigenvalue weighted by Gasteiger charge is -2.02. The Kier molecular flexibility index (Phi) is 4.73. The predicted molar refractivity (Wildman–Crippen MR) is 88.0 cm³/mol. The maximum absolute atomic E-state index is 11.9. The van der Waals surface area contributed by atoms with Crippen molar-refractivity contribution in [2.75, 3.05) is 0 Å². The summed E-state index contributed by atoms with van der Waals surface area (Å²) in [6.07, 6.45) is 0. The van der Waals surface area contributed by atoms with Crippen LogP contribution in [0.4, 0.5) is 0 Å². The quantitative estimate of drug-likeness (QED) is 0.610. The van der Waals surface area contributed by atoms with E-state index in [0.717, 1.165) is 10.0 Å². The molecule has 2 aromatic carbocycles. The molecular formula is C16H10BrClN2O3. The fourth-order valence-electron chi connectivity index (χ4n) is 1.85. The van der Waals surface area contributed by atoms with Crippen molar-refractivity contribution in [2.45, 2.75) is 6.61 Å². The molecule has 0 bridgehead atoms. The highest BCUT2D eigenvalue weighted by atomic mass is 79.9. The number of halogens is 2. The van der Waals surface area contributed by atoms with Gasteiger partial charge < -0.3 is 9.15 Å². The third-order valence-corrected chi connectivity index (χ3v) is 3.92. The van der Waals surface area contributed by atoms with Gasteiger partial charge >= 0.3 is 5.97 Å². The monoisotopic (exact) mass is 392 g/mol. The number of esters is 1. The molecule has 0 fully saturated rings. The Morgan fingerprint density at radius 1 is 1.13 bits per heavy atom. The molecule has 0 radical (unpaired) electrons. The van der Waals surface area contributed by atoms with Crippen LogP contribution in [-0.2, 0) is 11.3 Å². The van der Waals surface area contributed by atoms with Gasteiger partial charge in [-0.2, -0.15) is 0 Å². The Hall–Kier alpha value is -2.18. The fraction of sp³-hybridized carbons (Fsp3) is 0.0625. The average molecular weight is 394 g/mol. The molecule has 5 nitrogen and oxygen atoms in total. The largest absolute Gasteiger partial charge is 0.452 e. The normalized spacial score (nSPS) is 10.5. The lowest BCUT2D eigenvalue weighted by atomic mass is 10.2. The van der Waals surface area contributed by atoms with E-state index in [1.807, 2.05) is 24.3 Å². The van der Waals surface area contributed by atoms with Gasteiger partial charge in [0.05, 0.1) is 11.1 Å². The standard InChI is InChI=1S/C16H10BrClN2O3/c17-13-4-2-1-3-12(13)15-20-19-14(23-15)9-22-16(21)10-5-7-11(18)8-6-10/h1-8H,9H2. The number of rotatable bonds is 4. The maximum Gasteiger partial charge on any atom is 0.338 e. The van der Waals surface area contributed by atoms with E-state index >= 15 is 0 Å². The molecule has 0 saturated heterocycles. The van der Waals surface area contributed by atoms with E-state index in [1.54, 1.807) is 24.3 Å². The molecule has 0 aliphatic heterocycles. The van der Waals surface area contributed by atoms with Crippen molar-refractivity contribution in [1.29, 1.82) is 0 Å². The van der Waals surface area contributed by atoms with E-state index in [0.29, 0.717) is 16.5 Å². The zero-order valence-electron chi connectivity index (χ0n) is 11.7. The third-order valence-electron chi connectivity index (χ3n) is 2.98. The first-order valence-electron chi connectivity index (χ1n) is 6.63. The highest BCUT2D eigenvalue weighted by Crippen LogP contribution is 2.26. The van der Waals surface area contributed by atoms with Crippen LogP contribution in [0.5, 0.6) is 0 Å². The van der Waals surface area contributed by atoms with Gasteiger partial charge in [-0.3, -0.25) is 0 Å². The van der Waals surface area contributed by atoms with E-state index < -0.39 is 5.97 Å². The van der Waals surface area contributed by atoms with Crippen molar-refractivity contribution < 1.29 is 13.9 Å². The summed E-state index contributed by atoms with van der Waals surface area (Å²) in [7, 11) is 0. The Bertz CT molecular complexity index is 833. The molecule has 1 aromatic heterocycles. The zero-order valence-corrected chi connectivity index (χ0v) is 14.0. The number of hydrogen-bond donors (Lipinski definition) is 0. The highest BCUT2D eigenvalue weighted by Gasteiger charge is 2.13. The lowest BCUT2D eigenvalue weighted by molar-refractivity contribution is 0.0438. The van der Waals surface area contributed by atoms with Gasteiger partial charge in [-0.15, -0.1) is 10.2 Å². The minimum Gasteiger partial charge on any atom is -0.452 e. The van der Waals surface area contributed by atoms with Crippen LogP contribution in [0.15, 0.2) is 57.4 Å². The first kappa shape index (κ1) is 15.7. The van der Waals surface area contributed by atoms with Crippen molar-refractivity contribution in [2.24, 2.45) is 0 Å². The summed E-state index contributed by atoms with van der Waals surface area (Å²) < 4.78 is 11.5. The van der Waals surface area contributed by atoms with Crippen LogP contribution >= 0.6 is 27.5 Å². The number of ether oxygens (including phenoxy) is 1. The molecule has 0 saturated carbocycles. The molecule has 0 unspecified atom stereocenters. The van der Waals surface area contributed by atoms with Gasteiger partial charge in [0.15, 0.2) is 6.61 Å². The first-order chi connectivity index (χ1) is 11.1.